The third-order valence-corrected chi connectivity index (χ3v) is 16.0. The van der Waals surface area contributed by atoms with Crippen molar-refractivity contribution in [1.29, 1.82) is 0 Å². The molecule has 0 fully saturated rings. The van der Waals surface area contributed by atoms with Crippen molar-refractivity contribution in [3.63, 3.8) is 0 Å². The van der Waals surface area contributed by atoms with Gasteiger partial charge in [-0.1, -0.05) is 307 Å². The van der Waals surface area contributed by atoms with Gasteiger partial charge in [0.1, 0.15) is 19.8 Å². The Morgan fingerprint density at radius 1 is 0.344 bits per heavy atom. The number of phosphoric acid groups is 1. The molecule has 0 bridgehead atoms. The van der Waals surface area contributed by atoms with Crippen LogP contribution in [-0.2, 0) is 32.7 Å². The first kappa shape index (κ1) is 85.6. The van der Waals surface area contributed by atoms with E-state index in [1.165, 1.54) is 128 Å². The summed E-state index contributed by atoms with van der Waals surface area (Å²) in [4.78, 5) is 38.1. The van der Waals surface area contributed by atoms with Gasteiger partial charge in [0, 0.05) is 12.8 Å². The van der Waals surface area contributed by atoms with E-state index >= 15 is 0 Å². The SMILES string of the molecule is CC/C=C\C/C=C\C/C=C\C/C=C\C/C=C\C/C=C\C/C=C\C/C=C\C/C=C\CCCCCCCCCCCCCCCC(=O)OC(COC(=O)CCCCCCCCCCCCCC/C=C\C/C=C\C/C=C\C/C=C\CC)COP(=O)([O-])OCC[N+](C)(C)C. The van der Waals surface area contributed by atoms with E-state index in [1.807, 2.05) is 21.1 Å². The largest absolute Gasteiger partial charge is 0.756 e. The number of unbranched alkanes of at least 4 members (excludes halogenated alkanes) is 25. The van der Waals surface area contributed by atoms with E-state index in [1.54, 1.807) is 0 Å². The van der Waals surface area contributed by atoms with E-state index in [0.717, 1.165) is 122 Å². The number of carbonyl (C=O) groups excluding carboxylic acids is 2. The maximum atomic E-state index is 12.9. The van der Waals surface area contributed by atoms with Crippen LogP contribution in [0.2, 0.25) is 0 Å². The minimum atomic E-state index is -4.65. The zero-order valence-electron chi connectivity index (χ0n) is 58.3. The van der Waals surface area contributed by atoms with Crippen LogP contribution >= 0.6 is 7.82 Å². The van der Waals surface area contributed by atoms with E-state index in [9.17, 15) is 19.0 Å². The predicted octanol–water partition coefficient (Wildman–Crippen LogP) is 23.3. The van der Waals surface area contributed by atoms with Crippen LogP contribution in [-0.4, -0.2) is 70.0 Å². The van der Waals surface area contributed by atoms with Crippen molar-refractivity contribution in [2.45, 2.75) is 290 Å². The summed E-state index contributed by atoms with van der Waals surface area (Å²) in [7, 11) is 1.15. The van der Waals surface area contributed by atoms with Gasteiger partial charge in [-0.05, 0) is 122 Å². The highest BCUT2D eigenvalue weighted by molar-refractivity contribution is 7.45. The van der Waals surface area contributed by atoms with Gasteiger partial charge in [-0.3, -0.25) is 14.2 Å². The van der Waals surface area contributed by atoms with Gasteiger partial charge in [-0.25, -0.2) is 0 Å². The number of phosphoric ester groups is 1. The van der Waals surface area contributed by atoms with Gasteiger partial charge in [-0.15, -0.1) is 0 Å². The average molecular weight is 1270 g/mol. The third kappa shape index (κ3) is 72.7. The van der Waals surface area contributed by atoms with E-state index in [2.05, 4.69) is 172 Å². The van der Waals surface area contributed by atoms with E-state index in [4.69, 9.17) is 18.5 Å². The molecule has 0 aliphatic heterocycles. The summed E-state index contributed by atoms with van der Waals surface area (Å²) in [6.45, 7) is 4.02. The van der Waals surface area contributed by atoms with E-state index in [0.29, 0.717) is 17.4 Å². The Hall–Kier alpha value is -4.37. The molecule has 90 heavy (non-hydrogen) atoms. The van der Waals surface area contributed by atoms with Crippen molar-refractivity contribution in [3.8, 4) is 0 Å². The molecule has 9 nitrogen and oxygen atoms in total. The predicted molar refractivity (Wildman–Crippen MR) is 387 cm³/mol. The lowest BCUT2D eigenvalue weighted by molar-refractivity contribution is -0.870. The summed E-state index contributed by atoms with van der Waals surface area (Å²) < 4.78 is 34.3. The second kappa shape index (κ2) is 69.0. The maximum absolute atomic E-state index is 12.9. The highest BCUT2D eigenvalue weighted by Gasteiger charge is 2.22. The van der Waals surface area contributed by atoms with Gasteiger partial charge in [0.05, 0.1) is 27.7 Å². The van der Waals surface area contributed by atoms with Gasteiger partial charge in [0.25, 0.3) is 7.82 Å². The number of hydrogen-bond acceptors (Lipinski definition) is 8. The molecule has 0 saturated carbocycles. The molecule has 0 rings (SSSR count). The number of carbonyl (C=O) groups is 2. The number of ether oxygens (including phenoxy) is 2. The number of allylic oxidation sites excluding steroid dienone is 26. The van der Waals surface area contributed by atoms with Gasteiger partial charge >= 0.3 is 11.9 Å². The number of esters is 2. The zero-order valence-corrected chi connectivity index (χ0v) is 59.2. The van der Waals surface area contributed by atoms with Crippen LogP contribution in [0.4, 0.5) is 0 Å². The van der Waals surface area contributed by atoms with Gasteiger partial charge < -0.3 is 27.9 Å². The minimum absolute atomic E-state index is 0.0374. The molecule has 0 radical (unpaired) electrons. The van der Waals surface area contributed by atoms with Crippen LogP contribution < -0.4 is 4.89 Å². The molecular weight excluding hydrogens is 1130 g/mol. The van der Waals surface area contributed by atoms with Gasteiger partial charge in [0.2, 0.25) is 0 Å². The lowest BCUT2D eigenvalue weighted by Crippen LogP contribution is -2.37. The van der Waals surface area contributed by atoms with Gasteiger partial charge in [-0.2, -0.15) is 0 Å². The first-order chi connectivity index (χ1) is 44.0. The van der Waals surface area contributed by atoms with Crippen molar-refractivity contribution in [1.82, 2.24) is 0 Å². The number of likely N-dealkylation sites (N-methyl/N-ethyl adjacent to an activating group) is 1. The third-order valence-electron chi connectivity index (χ3n) is 15.0. The molecule has 2 atom stereocenters. The van der Waals surface area contributed by atoms with Crippen molar-refractivity contribution in [3.05, 3.63) is 158 Å². The lowest BCUT2D eigenvalue weighted by atomic mass is 10.0. The Labute approximate surface area is 554 Å². The average Bonchev–Trinajstić information content (AvgIpc) is 3.62. The molecule has 0 aliphatic rings. The Bertz CT molecular complexity index is 2080. The Balaban J connectivity index is 4.06. The molecule has 0 aromatic rings. The van der Waals surface area contributed by atoms with Crippen molar-refractivity contribution in [2.24, 2.45) is 0 Å². The lowest BCUT2D eigenvalue weighted by Gasteiger charge is -2.28. The highest BCUT2D eigenvalue weighted by atomic mass is 31.2. The Morgan fingerprint density at radius 3 is 0.889 bits per heavy atom. The van der Waals surface area contributed by atoms with Crippen LogP contribution in [0, 0.1) is 0 Å². The Morgan fingerprint density at radius 2 is 0.600 bits per heavy atom. The topological polar surface area (TPSA) is 111 Å². The standard InChI is InChI=1S/C80H134NO8P/c1-6-8-10-12-14-16-18-20-22-24-26-28-30-32-33-34-35-36-37-38-39-40-41-42-43-44-45-46-47-49-51-53-55-57-59-61-63-65-67-69-71-73-80(83)89-78(77-88-90(84,85)87-75-74-81(3,4)5)76-86-79(82)72-70-68-66-64-62-60-58-56-54-52-50-48-31-29-27-25-23-21-19-17-15-13-11-9-7-2/h8-11,14-17,20-23,26-29,32-33,35-36,38-39,41-42,44-45,78H,6-7,12-13,18-19,24-25,30-31,34,37,40,43,46-77H2,1-5H3/b10-8-,11-9-,16-14-,17-15-,22-20-,23-21-,28-26-,29-27-,33-32-,36-35-,39-38-,42-41-,45-44-. The smallest absolute Gasteiger partial charge is 0.306 e. The second-order valence-electron chi connectivity index (χ2n) is 24.8. The number of nitrogens with zero attached hydrogens (tertiary/aromatic N) is 1. The zero-order chi connectivity index (χ0) is 65.5. The summed E-state index contributed by atoms with van der Waals surface area (Å²) in [5.74, 6) is -0.839. The molecule has 0 spiro atoms. The fraction of sp³-hybridized carbons (Fsp3) is 0.650. The fourth-order valence-electron chi connectivity index (χ4n) is 9.58. The summed E-state index contributed by atoms with van der Waals surface area (Å²) in [5, 5.41) is 0. The molecule has 0 amide bonds. The fourth-order valence-corrected chi connectivity index (χ4v) is 10.3. The van der Waals surface area contributed by atoms with Crippen molar-refractivity contribution >= 4 is 19.8 Å². The first-order valence-corrected chi connectivity index (χ1v) is 37.7. The minimum Gasteiger partial charge on any atom is -0.756 e. The summed E-state index contributed by atoms with van der Waals surface area (Å²) in [6.07, 6.45) is 103. The first-order valence-electron chi connectivity index (χ1n) is 36.2. The van der Waals surface area contributed by atoms with E-state index in [-0.39, 0.29) is 32.0 Å². The van der Waals surface area contributed by atoms with Gasteiger partial charge in [0.15, 0.2) is 6.10 Å². The molecule has 0 heterocycles. The Kier molecular flexibility index (Phi) is 65.6. The van der Waals surface area contributed by atoms with Crippen molar-refractivity contribution in [2.75, 3.05) is 47.5 Å². The van der Waals surface area contributed by atoms with Crippen LogP contribution in [0.3, 0.4) is 0 Å². The molecule has 0 aromatic carbocycles. The van der Waals surface area contributed by atoms with E-state index < -0.39 is 26.5 Å². The molecule has 0 aliphatic carbocycles. The molecule has 0 saturated heterocycles. The summed E-state index contributed by atoms with van der Waals surface area (Å²) in [6, 6.07) is 0. The monoisotopic (exact) mass is 1270 g/mol. The number of rotatable bonds is 65. The molecule has 0 N–H and O–H groups in total. The molecule has 2 unspecified atom stereocenters. The molecule has 512 valence electrons. The number of quaternary nitrogens is 1. The normalized spacial score (nSPS) is 14.1. The van der Waals surface area contributed by atoms with Crippen molar-refractivity contribution < 1.29 is 42.1 Å². The molecule has 10 heteroatoms. The summed E-state index contributed by atoms with van der Waals surface area (Å²) in [5.41, 5.74) is 0. The maximum Gasteiger partial charge on any atom is 0.306 e. The van der Waals surface area contributed by atoms with Crippen LogP contribution in [0.15, 0.2) is 158 Å². The van der Waals surface area contributed by atoms with Crippen LogP contribution in [0.1, 0.15) is 284 Å². The number of hydrogen-bond donors (Lipinski definition) is 0. The molecular formula is C80H134NO8P. The molecule has 0 aromatic heterocycles. The highest BCUT2D eigenvalue weighted by Crippen LogP contribution is 2.38. The van der Waals surface area contributed by atoms with Crippen LogP contribution in [0.25, 0.3) is 0 Å². The summed E-state index contributed by atoms with van der Waals surface area (Å²) >= 11 is 0. The quantitative estimate of drug-likeness (QED) is 0.0195. The second-order valence-corrected chi connectivity index (χ2v) is 26.2. The van der Waals surface area contributed by atoms with Crippen LogP contribution in [0.5, 0.6) is 0 Å².